The first kappa shape index (κ1) is 13.5. The predicted octanol–water partition coefficient (Wildman–Crippen LogP) is 4.32. The van der Waals surface area contributed by atoms with Gasteiger partial charge in [0.1, 0.15) is 0 Å². The molecule has 1 unspecified atom stereocenters. The number of hydrogen-bond acceptors (Lipinski definition) is 2. The molecule has 0 radical (unpaired) electrons. The number of aryl methyl sites for hydroxylation is 3. The van der Waals surface area contributed by atoms with Crippen LogP contribution in [-0.2, 0) is 0 Å². The molecule has 0 amide bonds. The quantitative estimate of drug-likeness (QED) is 0.829. The monoisotopic (exact) mass is 258 g/mol. The van der Waals surface area contributed by atoms with Crippen molar-refractivity contribution in [3.8, 4) is 0 Å². The Morgan fingerprint density at radius 2 is 1.74 bits per heavy atom. The van der Waals surface area contributed by atoms with E-state index in [1.165, 1.54) is 34.5 Å². The van der Waals surface area contributed by atoms with Crippen LogP contribution in [0.3, 0.4) is 0 Å². The van der Waals surface area contributed by atoms with Gasteiger partial charge >= 0.3 is 0 Å². The third kappa shape index (κ3) is 3.11. The molecule has 0 aliphatic carbocycles. The molecule has 19 heavy (non-hydrogen) atoms. The second-order valence-electron chi connectivity index (χ2n) is 5.03. The van der Waals surface area contributed by atoms with Crippen LogP contribution in [-0.4, -0.2) is 4.98 Å². The van der Waals surface area contributed by atoms with Crippen molar-refractivity contribution in [1.29, 1.82) is 0 Å². The maximum Gasteiger partial charge on any atom is 0.212 e. The van der Waals surface area contributed by atoms with E-state index >= 15 is 0 Å². The van der Waals surface area contributed by atoms with Crippen molar-refractivity contribution in [2.24, 2.45) is 0 Å². The molecule has 1 N–H and O–H groups in total. The maximum absolute atomic E-state index is 12.8. The number of hydrogen-bond donors (Lipinski definition) is 1. The highest BCUT2D eigenvalue weighted by molar-refractivity contribution is 5.46. The van der Waals surface area contributed by atoms with Crippen LogP contribution in [0.4, 0.5) is 10.1 Å². The average Bonchev–Trinajstić information content (AvgIpc) is 2.36. The van der Waals surface area contributed by atoms with Gasteiger partial charge in [-0.25, -0.2) is 4.98 Å². The summed E-state index contributed by atoms with van der Waals surface area (Å²) in [4.78, 5) is 3.65. The molecule has 2 rings (SSSR count). The first-order valence-corrected chi connectivity index (χ1v) is 6.43. The van der Waals surface area contributed by atoms with Crippen LogP contribution in [0, 0.1) is 26.7 Å². The lowest BCUT2D eigenvalue weighted by molar-refractivity contribution is 0.584. The number of nitrogens with one attached hydrogen (secondary N) is 1. The summed E-state index contributed by atoms with van der Waals surface area (Å²) in [7, 11) is 0. The van der Waals surface area contributed by atoms with Crippen LogP contribution < -0.4 is 5.32 Å². The fourth-order valence-corrected chi connectivity index (χ4v) is 2.24. The molecule has 1 atom stereocenters. The Morgan fingerprint density at radius 1 is 1.05 bits per heavy atom. The van der Waals surface area contributed by atoms with Crippen molar-refractivity contribution in [2.75, 3.05) is 5.32 Å². The summed E-state index contributed by atoms with van der Waals surface area (Å²) < 4.78 is 12.8. The highest BCUT2D eigenvalue weighted by atomic mass is 19.1. The lowest BCUT2D eigenvalue weighted by Gasteiger charge is -2.19. The minimum absolute atomic E-state index is 0.159. The SMILES string of the molecule is Cc1cc(C)c(C(C)Nc2ccc(F)nc2)cc1C. The first-order chi connectivity index (χ1) is 8.97. The van der Waals surface area contributed by atoms with Gasteiger partial charge in [0.25, 0.3) is 0 Å². The average molecular weight is 258 g/mol. The van der Waals surface area contributed by atoms with Crippen LogP contribution >= 0.6 is 0 Å². The van der Waals surface area contributed by atoms with Gasteiger partial charge in [0.15, 0.2) is 0 Å². The maximum atomic E-state index is 12.8. The number of halogens is 1. The zero-order valence-corrected chi connectivity index (χ0v) is 11.8. The van der Waals surface area contributed by atoms with Crippen LogP contribution in [0.15, 0.2) is 30.5 Å². The third-order valence-corrected chi connectivity index (χ3v) is 3.46. The van der Waals surface area contributed by atoms with E-state index in [9.17, 15) is 4.39 Å². The van der Waals surface area contributed by atoms with Gasteiger partial charge in [-0.05, 0) is 62.1 Å². The highest BCUT2D eigenvalue weighted by Crippen LogP contribution is 2.24. The molecular weight excluding hydrogens is 239 g/mol. The van der Waals surface area contributed by atoms with Crippen LogP contribution in [0.1, 0.15) is 35.2 Å². The molecule has 1 aromatic heterocycles. The van der Waals surface area contributed by atoms with Gasteiger partial charge < -0.3 is 5.32 Å². The Labute approximate surface area is 113 Å². The van der Waals surface area contributed by atoms with Gasteiger partial charge in [-0.15, -0.1) is 0 Å². The molecular formula is C16H19FN2. The number of rotatable bonds is 3. The number of pyridine rings is 1. The minimum atomic E-state index is -0.458. The molecule has 0 saturated carbocycles. The van der Waals surface area contributed by atoms with Crippen molar-refractivity contribution in [3.05, 3.63) is 58.7 Å². The summed E-state index contributed by atoms with van der Waals surface area (Å²) in [5.41, 5.74) is 5.93. The van der Waals surface area contributed by atoms with Crippen molar-refractivity contribution in [1.82, 2.24) is 4.98 Å². The Bertz CT molecular complexity index is 576. The smallest absolute Gasteiger partial charge is 0.212 e. The number of aromatic nitrogens is 1. The molecule has 0 aliphatic heterocycles. The molecule has 0 fully saturated rings. The standard InChI is InChI=1S/C16H19FN2/c1-10-7-12(3)15(8-11(10)2)13(4)19-14-5-6-16(17)18-9-14/h5-9,13,19H,1-4H3. The van der Waals surface area contributed by atoms with Crippen molar-refractivity contribution >= 4 is 5.69 Å². The van der Waals surface area contributed by atoms with E-state index in [4.69, 9.17) is 0 Å². The summed E-state index contributed by atoms with van der Waals surface area (Å²) >= 11 is 0. The van der Waals surface area contributed by atoms with Gasteiger partial charge in [-0.3, -0.25) is 0 Å². The number of anilines is 1. The van der Waals surface area contributed by atoms with Gasteiger partial charge in [-0.2, -0.15) is 4.39 Å². The molecule has 100 valence electrons. The van der Waals surface area contributed by atoms with Crippen molar-refractivity contribution in [3.63, 3.8) is 0 Å². The highest BCUT2D eigenvalue weighted by Gasteiger charge is 2.10. The van der Waals surface area contributed by atoms with Crippen molar-refractivity contribution < 1.29 is 4.39 Å². The van der Waals surface area contributed by atoms with Gasteiger partial charge in [0.05, 0.1) is 11.9 Å². The Balaban J connectivity index is 2.22. The van der Waals surface area contributed by atoms with E-state index in [1.54, 1.807) is 6.07 Å². The Morgan fingerprint density at radius 3 is 2.37 bits per heavy atom. The third-order valence-electron chi connectivity index (χ3n) is 3.46. The summed E-state index contributed by atoms with van der Waals surface area (Å²) in [6.07, 6.45) is 1.52. The largest absolute Gasteiger partial charge is 0.377 e. The zero-order valence-electron chi connectivity index (χ0n) is 11.8. The van der Waals surface area contributed by atoms with Crippen molar-refractivity contribution in [2.45, 2.75) is 33.7 Å². The van der Waals surface area contributed by atoms with Crippen LogP contribution in [0.25, 0.3) is 0 Å². The van der Waals surface area contributed by atoms with E-state index in [1.807, 2.05) is 0 Å². The summed E-state index contributed by atoms with van der Waals surface area (Å²) in [5.74, 6) is -0.458. The fourth-order valence-electron chi connectivity index (χ4n) is 2.24. The molecule has 3 heteroatoms. The topological polar surface area (TPSA) is 24.9 Å². The minimum Gasteiger partial charge on any atom is -0.377 e. The number of benzene rings is 1. The van der Waals surface area contributed by atoms with Crippen LogP contribution in [0.2, 0.25) is 0 Å². The van der Waals surface area contributed by atoms with E-state index < -0.39 is 5.95 Å². The molecule has 0 aliphatic rings. The second kappa shape index (κ2) is 5.39. The molecule has 2 nitrogen and oxygen atoms in total. The van der Waals surface area contributed by atoms with E-state index in [0.29, 0.717) is 0 Å². The van der Waals surface area contributed by atoms with Gasteiger partial charge in [0.2, 0.25) is 5.95 Å². The van der Waals surface area contributed by atoms with Gasteiger partial charge in [0, 0.05) is 6.04 Å². The summed E-state index contributed by atoms with van der Waals surface area (Å²) in [5, 5.41) is 3.34. The predicted molar refractivity (Wildman–Crippen MR) is 76.9 cm³/mol. The van der Waals surface area contributed by atoms with Crippen LogP contribution in [0.5, 0.6) is 0 Å². The van der Waals surface area contributed by atoms with Gasteiger partial charge in [-0.1, -0.05) is 12.1 Å². The molecule has 0 saturated heterocycles. The Hall–Kier alpha value is -1.90. The first-order valence-electron chi connectivity index (χ1n) is 6.43. The molecule has 0 bridgehead atoms. The van der Waals surface area contributed by atoms with E-state index in [2.05, 4.69) is 50.1 Å². The molecule has 1 aromatic carbocycles. The number of nitrogens with zero attached hydrogens (tertiary/aromatic N) is 1. The normalized spacial score (nSPS) is 12.3. The summed E-state index contributed by atoms with van der Waals surface area (Å²) in [6, 6.07) is 7.63. The molecule has 0 spiro atoms. The summed E-state index contributed by atoms with van der Waals surface area (Å²) in [6.45, 7) is 8.45. The van der Waals surface area contributed by atoms with E-state index in [-0.39, 0.29) is 6.04 Å². The fraction of sp³-hybridized carbons (Fsp3) is 0.312. The lowest BCUT2D eigenvalue weighted by atomic mass is 9.96. The molecule has 1 heterocycles. The Kier molecular flexibility index (Phi) is 3.84. The second-order valence-corrected chi connectivity index (χ2v) is 5.03. The molecule has 2 aromatic rings. The lowest BCUT2D eigenvalue weighted by Crippen LogP contribution is -2.09. The zero-order chi connectivity index (χ0) is 14.0. The van der Waals surface area contributed by atoms with E-state index in [0.717, 1.165) is 5.69 Å².